The molecule has 1 fully saturated rings. The first kappa shape index (κ1) is 13.8. The van der Waals surface area contributed by atoms with Gasteiger partial charge in [-0.05, 0) is 52.9 Å². The predicted octanol–water partition coefficient (Wildman–Crippen LogP) is 3.67. The van der Waals surface area contributed by atoms with Gasteiger partial charge in [0.15, 0.2) is 0 Å². The number of nitrogens with one attached hydrogen (secondary N) is 1. The summed E-state index contributed by atoms with van der Waals surface area (Å²) in [5.74, 6) is -0.207. The Morgan fingerprint density at radius 3 is 3.05 bits per heavy atom. The molecule has 5 heteroatoms. The normalized spacial score (nSPS) is 22.3. The number of benzene rings is 1. The highest BCUT2D eigenvalue weighted by molar-refractivity contribution is 9.10. The van der Waals surface area contributed by atoms with Crippen molar-refractivity contribution in [1.82, 2.24) is 14.9 Å². The van der Waals surface area contributed by atoms with Gasteiger partial charge < -0.3 is 9.88 Å². The second-order valence-electron chi connectivity index (χ2n) is 5.24. The van der Waals surface area contributed by atoms with E-state index in [9.17, 15) is 4.39 Å². The molecule has 3 nitrogen and oxygen atoms in total. The maximum atomic E-state index is 13.5. The van der Waals surface area contributed by atoms with Crippen LogP contribution >= 0.6 is 15.9 Å². The van der Waals surface area contributed by atoms with Gasteiger partial charge in [-0.25, -0.2) is 9.37 Å². The molecule has 2 atom stereocenters. The lowest BCUT2D eigenvalue weighted by Crippen LogP contribution is -2.33. The van der Waals surface area contributed by atoms with Crippen molar-refractivity contribution in [2.75, 3.05) is 0 Å². The summed E-state index contributed by atoms with van der Waals surface area (Å²) in [6, 6.07) is 6.17. The standard InChI is InChI=1S/C15H17BrFN3/c16-12-5-4-11(8-13(12)17)9-19-14-2-1-3-15(14)20-7-6-18-10-20/h4-8,10,14-15,19H,1-3,9H2. The molecule has 1 saturated carbocycles. The molecule has 0 saturated heterocycles. The molecule has 0 radical (unpaired) electrons. The van der Waals surface area contributed by atoms with Crippen LogP contribution < -0.4 is 5.32 Å². The molecule has 1 aromatic heterocycles. The lowest BCUT2D eigenvalue weighted by molar-refractivity contribution is 0.390. The highest BCUT2D eigenvalue weighted by atomic mass is 79.9. The van der Waals surface area contributed by atoms with E-state index >= 15 is 0 Å². The van der Waals surface area contributed by atoms with Gasteiger partial charge in [-0.3, -0.25) is 0 Å². The van der Waals surface area contributed by atoms with E-state index < -0.39 is 0 Å². The summed E-state index contributed by atoms with van der Waals surface area (Å²) in [5, 5.41) is 3.55. The monoisotopic (exact) mass is 337 g/mol. The molecule has 1 N–H and O–H groups in total. The highest BCUT2D eigenvalue weighted by Gasteiger charge is 2.27. The van der Waals surface area contributed by atoms with Crippen LogP contribution in [0.3, 0.4) is 0 Å². The van der Waals surface area contributed by atoms with Crippen molar-refractivity contribution >= 4 is 15.9 Å². The Balaban J connectivity index is 1.64. The van der Waals surface area contributed by atoms with E-state index in [-0.39, 0.29) is 5.82 Å². The van der Waals surface area contributed by atoms with E-state index in [4.69, 9.17) is 0 Å². The highest BCUT2D eigenvalue weighted by Crippen LogP contribution is 2.30. The van der Waals surface area contributed by atoms with Crippen molar-refractivity contribution in [3.8, 4) is 0 Å². The first-order valence-corrected chi connectivity index (χ1v) is 7.68. The molecule has 1 heterocycles. The van der Waals surface area contributed by atoms with Gasteiger partial charge >= 0.3 is 0 Å². The molecule has 0 spiro atoms. The van der Waals surface area contributed by atoms with Crippen LogP contribution in [-0.4, -0.2) is 15.6 Å². The summed E-state index contributed by atoms with van der Waals surface area (Å²) in [7, 11) is 0. The summed E-state index contributed by atoms with van der Waals surface area (Å²) in [4.78, 5) is 4.12. The van der Waals surface area contributed by atoms with Crippen molar-refractivity contribution < 1.29 is 4.39 Å². The van der Waals surface area contributed by atoms with Crippen LogP contribution in [0.15, 0.2) is 41.4 Å². The molecule has 1 aliphatic carbocycles. The number of aromatic nitrogens is 2. The molecule has 2 unspecified atom stereocenters. The number of halogens is 2. The Bertz CT molecular complexity index is 571. The van der Waals surface area contributed by atoms with Gasteiger partial charge in [0, 0.05) is 31.0 Å². The quantitative estimate of drug-likeness (QED) is 0.922. The summed E-state index contributed by atoms with van der Waals surface area (Å²) >= 11 is 3.18. The van der Waals surface area contributed by atoms with Crippen LogP contribution in [0.25, 0.3) is 0 Å². The van der Waals surface area contributed by atoms with Crippen molar-refractivity contribution in [3.05, 3.63) is 52.8 Å². The van der Waals surface area contributed by atoms with Gasteiger partial charge in [-0.1, -0.05) is 6.07 Å². The first-order chi connectivity index (χ1) is 9.74. The Morgan fingerprint density at radius 2 is 2.30 bits per heavy atom. The SMILES string of the molecule is Fc1cc(CNC2CCCC2n2ccnc2)ccc1Br. The van der Waals surface area contributed by atoms with Crippen molar-refractivity contribution in [3.63, 3.8) is 0 Å². The number of nitrogens with zero attached hydrogens (tertiary/aromatic N) is 2. The number of imidazole rings is 1. The molecule has 0 bridgehead atoms. The summed E-state index contributed by atoms with van der Waals surface area (Å²) in [5.41, 5.74) is 0.974. The lowest BCUT2D eigenvalue weighted by atomic mass is 10.1. The van der Waals surface area contributed by atoms with Crippen LogP contribution in [0.4, 0.5) is 4.39 Å². The van der Waals surface area contributed by atoms with Crippen LogP contribution in [0.5, 0.6) is 0 Å². The zero-order chi connectivity index (χ0) is 13.9. The fourth-order valence-electron chi connectivity index (χ4n) is 2.90. The summed E-state index contributed by atoms with van der Waals surface area (Å²) < 4.78 is 16.2. The third-order valence-corrected chi connectivity index (χ3v) is 4.58. The average molecular weight is 338 g/mol. The summed E-state index contributed by atoms with van der Waals surface area (Å²) in [6.45, 7) is 0.695. The van der Waals surface area contributed by atoms with E-state index in [1.54, 1.807) is 12.1 Å². The Hall–Kier alpha value is -1.20. The van der Waals surface area contributed by atoms with Crippen molar-refractivity contribution in [2.24, 2.45) is 0 Å². The molecule has 20 heavy (non-hydrogen) atoms. The predicted molar refractivity (Wildman–Crippen MR) is 79.8 cm³/mol. The van der Waals surface area contributed by atoms with E-state index in [1.807, 2.05) is 24.8 Å². The largest absolute Gasteiger partial charge is 0.333 e. The minimum absolute atomic E-state index is 0.207. The minimum Gasteiger partial charge on any atom is -0.333 e. The molecule has 1 aromatic carbocycles. The zero-order valence-corrected chi connectivity index (χ0v) is 12.7. The van der Waals surface area contributed by atoms with Gasteiger partial charge in [-0.15, -0.1) is 0 Å². The van der Waals surface area contributed by atoms with E-state index in [0.29, 0.717) is 23.1 Å². The summed E-state index contributed by atoms with van der Waals surface area (Å²) in [6.07, 6.45) is 9.26. The Morgan fingerprint density at radius 1 is 1.40 bits per heavy atom. The zero-order valence-electron chi connectivity index (χ0n) is 11.1. The molecular formula is C15H17BrFN3. The lowest BCUT2D eigenvalue weighted by Gasteiger charge is -2.22. The Labute approximate surface area is 126 Å². The van der Waals surface area contributed by atoms with Crippen LogP contribution in [-0.2, 0) is 6.54 Å². The average Bonchev–Trinajstić information content (AvgIpc) is 3.09. The van der Waals surface area contributed by atoms with Gasteiger partial charge in [-0.2, -0.15) is 0 Å². The smallest absolute Gasteiger partial charge is 0.137 e. The Kier molecular flexibility index (Phi) is 4.17. The third kappa shape index (κ3) is 2.94. The second-order valence-corrected chi connectivity index (χ2v) is 6.10. The molecule has 1 aliphatic rings. The molecule has 106 valence electrons. The molecule has 0 aliphatic heterocycles. The van der Waals surface area contributed by atoms with Crippen LogP contribution in [0.2, 0.25) is 0 Å². The second kappa shape index (κ2) is 6.06. The van der Waals surface area contributed by atoms with Gasteiger partial charge in [0.25, 0.3) is 0 Å². The molecule has 3 rings (SSSR count). The van der Waals surface area contributed by atoms with Crippen molar-refractivity contribution in [2.45, 2.75) is 37.9 Å². The number of hydrogen-bond acceptors (Lipinski definition) is 2. The third-order valence-electron chi connectivity index (χ3n) is 3.94. The van der Waals surface area contributed by atoms with Crippen LogP contribution in [0, 0.1) is 5.82 Å². The molecule has 2 aromatic rings. The van der Waals surface area contributed by atoms with Gasteiger partial charge in [0.1, 0.15) is 5.82 Å². The topological polar surface area (TPSA) is 29.9 Å². The minimum atomic E-state index is -0.207. The maximum absolute atomic E-state index is 13.5. The number of hydrogen-bond donors (Lipinski definition) is 1. The first-order valence-electron chi connectivity index (χ1n) is 6.89. The maximum Gasteiger partial charge on any atom is 0.137 e. The number of rotatable bonds is 4. The molecule has 0 amide bonds. The fourth-order valence-corrected chi connectivity index (χ4v) is 3.15. The fraction of sp³-hybridized carbons (Fsp3) is 0.400. The van der Waals surface area contributed by atoms with E-state index in [1.165, 1.54) is 12.8 Å². The van der Waals surface area contributed by atoms with E-state index in [2.05, 4.69) is 30.8 Å². The van der Waals surface area contributed by atoms with Gasteiger partial charge in [0.05, 0.1) is 10.8 Å². The van der Waals surface area contributed by atoms with Gasteiger partial charge in [0.2, 0.25) is 0 Å². The molecular weight excluding hydrogens is 321 g/mol. The van der Waals surface area contributed by atoms with Crippen LogP contribution in [0.1, 0.15) is 30.9 Å². The van der Waals surface area contributed by atoms with Crippen molar-refractivity contribution in [1.29, 1.82) is 0 Å². The van der Waals surface area contributed by atoms with E-state index in [0.717, 1.165) is 12.0 Å².